The van der Waals surface area contributed by atoms with E-state index in [0.29, 0.717) is 5.56 Å². The number of amides is 1. The number of benzene rings is 2. The Kier molecular flexibility index (Phi) is 4.88. The molecule has 1 heterocycles. The van der Waals surface area contributed by atoms with E-state index in [9.17, 15) is 4.79 Å². The van der Waals surface area contributed by atoms with Gasteiger partial charge in [0.1, 0.15) is 6.33 Å². The van der Waals surface area contributed by atoms with Crippen molar-refractivity contribution in [3.05, 3.63) is 59.9 Å². The van der Waals surface area contributed by atoms with Crippen LogP contribution in [0.1, 0.15) is 36.2 Å². The fraction of sp³-hybridized carbons (Fsp3) is 0.263. The van der Waals surface area contributed by atoms with Gasteiger partial charge in [-0.2, -0.15) is 0 Å². The van der Waals surface area contributed by atoms with Gasteiger partial charge in [-0.1, -0.05) is 36.8 Å². The molecule has 0 aliphatic heterocycles. The van der Waals surface area contributed by atoms with Crippen LogP contribution in [0.5, 0.6) is 0 Å². The fourth-order valence-corrected chi connectivity index (χ4v) is 2.48. The number of carbonyl (C=O) groups excluding carboxylic acids is 1. The van der Waals surface area contributed by atoms with Gasteiger partial charge in [0.2, 0.25) is 0 Å². The molecule has 0 aliphatic carbocycles. The fourth-order valence-electron chi connectivity index (χ4n) is 2.48. The Morgan fingerprint density at radius 3 is 2.56 bits per heavy atom. The van der Waals surface area contributed by atoms with Gasteiger partial charge in [-0.25, -0.2) is 4.68 Å². The van der Waals surface area contributed by atoms with Gasteiger partial charge in [-0.05, 0) is 60.0 Å². The molecular weight excluding hydrogens is 314 g/mol. The predicted octanol–water partition coefficient (Wildman–Crippen LogP) is 3.17. The number of hydrogen-bond acceptors (Lipinski definition) is 4. The summed E-state index contributed by atoms with van der Waals surface area (Å²) < 4.78 is 1.55. The maximum absolute atomic E-state index is 12.6. The van der Waals surface area contributed by atoms with Gasteiger partial charge < -0.3 is 5.32 Å². The van der Waals surface area contributed by atoms with Crippen LogP contribution >= 0.6 is 0 Å². The summed E-state index contributed by atoms with van der Waals surface area (Å²) in [5, 5.41) is 14.3. The van der Waals surface area contributed by atoms with Crippen LogP contribution in [0.3, 0.4) is 0 Å². The summed E-state index contributed by atoms with van der Waals surface area (Å²) in [6, 6.07) is 14.0. The van der Waals surface area contributed by atoms with Gasteiger partial charge in [0.15, 0.2) is 0 Å². The smallest absolute Gasteiger partial charge is 0.251 e. The summed E-state index contributed by atoms with van der Waals surface area (Å²) in [7, 11) is 0. The number of aryl methyl sites for hydroxylation is 1. The lowest BCUT2D eigenvalue weighted by Gasteiger charge is -2.14. The number of nitrogens with one attached hydrogen (secondary N) is 1. The molecule has 0 aliphatic rings. The maximum Gasteiger partial charge on any atom is 0.251 e. The van der Waals surface area contributed by atoms with Crippen molar-refractivity contribution < 1.29 is 4.79 Å². The van der Waals surface area contributed by atoms with Crippen molar-refractivity contribution in [3.8, 4) is 16.8 Å². The molecule has 3 rings (SSSR count). The van der Waals surface area contributed by atoms with Crippen molar-refractivity contribution in [1.29, 1.82) is 0 Å². The molecule has 0 radical (unpaired) electrons. The minimum absolute atomic E-state index is 0.0994. The van der Waals surface area contributed by atoms with E-state index in [0.717, 1.165) is 23.2 Å². The SMILES string of the molecule is CCC(C)NC(=O)c1cc(-c2ccc(C)cc2)cc(-n2cnnn2)c1. The summed E-state index contributed by atoms with van der Waals surface area (Å²) in [4.78, 5) is 12.6. The maximum atomic E-state index is 12.6. The summed E-state index contributed by atoms with van der Waals surface area (Å²) in [6.45, 7) is 6.08. The zero-order valence-electron chi connectivity index (χ0n) is 14.6. The van der Waals surface area contributed by atoms with Crippen molar-refractivity contribution in [1.82, 2.24) is 25.5 Å². The van der Waals surface area contributed by atoms with Crippen molar-refractivity contribution in [3.63, 3.8) is 0 Å². The van der Waals surface area contributed by atoms with Crippen LogP contribution in [0.15, 0.2) is 48.8 Å². The molecule has 3 aromatic rings. The molecule has 0 fully saturated rings. The zero-order valence-corrected chi connectivity index (χ0v) is 14.6. The van der Waals surface area contributed by atoms with Crippen molar-refractivity contribution in [2.45, 2.75) is 33.2 Å². The quantitative estimate of drug-likeness (QED) is 0.777. The van der Waals surface area contributed by atoms with Gasteiger partial charge in [0, 0.05) is 11.6 Å². The molecule has 6 nitrogen and oxygen atoms in total. The lowest BCUT2D eigenvalue weighted by Crippen LogP contribution is -2.32. The first-order chi connectivity index (χ1) is 12.1. The first-order valence-electron chi connectivity index (χ1n) is 8.33. The molecule has 25 heavy (non-hydrogen) atoms. The van der Waals surface area contributed by atoms with E-state index < -0.39 is 0 Å². The van der Waals surface area contributed by atoms with E-state index in [1.165, 1.54) is 11.9 Å². The van der Waals surface area contributed by atoms with E-state index in [4.69, 9.17) is 0 Å². The van der Waals surface area contributed by atoms with Crippen LogP contribution in [0, 0.1) is 6.92 Å². The monoisotopic (exact) mass is 335 g/mol. The Bertz CT molecular complexity index is 856. The average molecular weight is 335 g/mol. The molecule has 6 heteroatoms. The normalized spacial score (nSPS) is 12.0. The van der Waals surface area contributed by atoms with Crippen LogP contribution in [0.4, 0.5) is 0 Å². The van der Waals surface area contributed by atoms with Crippen LogP contribution in [0.25, 0.3) is 16.8 Å². The molecule has 0 saturated heterocycles. The molecule has 1 atom stereocenters. The third-order valence-corrected chi connectivity index (χ3v) is 4.17. The standard InChI is InChI=1S/C19H21N5O/c1-4-14(3)21-19(25)17-9-16(15-7-5-13(2)6-8-15)10-18(11-17)24-12-20-22-23-24/h5-12,14H,4H2,1-3H3,(H,21,25). The molecule has 1 unspecified atom stereocenters. The van der Waals surface area contributed by atoms with Crippen LogP contribution < -0.4 is 5.32 Å². The van der Waals surface area contributed by atoms with Crippen molar-refractivity contribution in [2.75, 3.05) is 0 Å². The van der Waals surface area contributed by atoms with E-state index in [1.807, 2.05) is 45.0 Å². The molecule has 1 N–H and O–H groups in total. The third-order valence-electron chi connectivity index (χ3n) is 4.17. The first kappa shape index (κ1) is 16.8. The molecule has 1 aromatic heterocycles. The highest BCUT2D eigenvalue weighted by molar-refractivity contribution is 5.96. The van der Waals surface area contributed by atoms with E-state index >= 15 is 0 Å². The zero-order chi connectivity index (χ0) is 17.8. The summed E-state index contributed by atoms with van der Waals surface area (Å²) >= 11 is 0. The average Bonchev–Trinajstić information content (AvgIpc) is 3.16. The third kappa shape index (κ3) is 3.91. The Balaban J connectivity index is 2.05. The van der Waals surface area contributed by atoms with Gasteiger partial charge in [-0.15, -0.1) is 5.10 Å². The Morgan fingerprint density at radius 2 is 1.92 bits per heavy atom. The Labute approximate surface area is 146 Å². The number of hydrogen-bond donors (Lipinski definition) is 1. The van der Waals surface area contributed by atoms with Crippen LogP contribution in [-0.4, -0.2) is 32.2 Å². The highest BCUT2D eigenvalue weighted by Gasteiger charge is 2.13. The lowest BCUT2D eigenvalue weighted by molar-refractivity contribution is 0.0939. The summed E-state index contributed by atoms with van der Waals surface area (Å²) in [6.07, 6.45) is 2.40. The molecular formula is C19H21N5O. The van der Waals surface area contributed by atoms with Crippen molar-refractivity contribution >= 4 is 5.91 Å². The minimum Gasteiger partial charge on any atom is -0.350 e. The second-order valence-electron chi connectivity index (χ2n) is 6.17. The first-order valence-corrected chi connectivity index (χ1v) is 8.33. The number of rotatable bonds is 5. The number of aromatic nitrogens is 4. The van der Waals surface area contributed by atoms with Gasteiger partial charge >= 0.3 is 0 Å². The largest absolute Gasteiger partial charge is 0.350 e. The second-order valence-corrected chi connectivity index (χ2v) is 6.17. The number of carbonyl (C=O) groups is 1. The molecule has 0 bridgehead atoms. The van der Waals surface area contributed by atoms with Crippen molar-refractivity contribution in [2.24, 2.45) is 0 Å². The summed E-state index contributed by atoms with van der Waals surface area (Å²) in [5.74, 6) is -0.0994. The highest BCUT2D eigenvalue weighted by Crippen LogP contribution is 2.24. The second kappa shape index (κ2) is 7.25. The predicted molar refractivity (Wildman–Crippen MR) is 96.5 cm³/mol. The van der Waals surface area contributed by atoms with E-state index in [-0.39, 0.29) is 11.9 Å². The Morgan fingerprint density at radius 1 is 1.16 bits per heavy atom. The van der Waals surface area contributed by atoms with E-state index in [1.54, 1.807) is 10.7 Å². The molecule has 1 amide bonds. The van der Waals surface area contributed by atoms with Gasteiger partial charge in [0.25, 0.3) is 5.91 Å². The topological polar surface area (TPSA) is 72.7 Å². The van der Waals surface area contributed by atoms with Gasteiger partial charge in [0.05, 0.1) is 5.69 Å². The van der Waals surface area contributed by atoms with Gasteiger partial charge in [-0.3, -0.25) is 4.79 Å². The van der Waals surface area contributed by atoms with Crippen LogP contribution in [0.2, 0.25) is 0 Å². The minimum atomic E-state index is -0.0994. The highest BCUT2D eigenvalue weighted by atomic mass is 16.1. The molecule has 0 spiro atoms. The summed E-state index contributed by atoms with van der Waals surface area (Å²) in [5.41, 5.74) is 4.51. The van der Waals surface area contributed by atoms with E-state index in [2.05, 4.69) is 33.0 Å². The molecule has 2 aromatic carbocycles. The number of tetrazole rings is 1. The Hall–Kier alpha value is -3.02. The number of nitrogens with zero attached hydrogens (tertiary/aromatic N) is 4. The lowest BCUT2D eigenvalue weighted by atomic mass is 10.0. The molecule has 0 saturated carbocycles. The molecule has 128 valence electrons. The van der Waals surface area contributed by atoms with Crippen LogP contribution in [-0.2, 0) is 0 Å².